The molecule has 16 heavy (non-hydrogen) atoms. The van der Waals surface area contributed by atoms with Gasteiger partial charge in [0.1, 0.15) is 0 Å². The molecule has 0 aliphatic rings. The van der Waals surface area contributed by atoms with Gasteiger partial charge in [-0.05, 0) is 25.5 Å². The second kappa shape index (κ2) is 5.86. The first-order valence-electron chi connectivity index (χ1n) is 5.99. The fraction of sp³-hybridized carbons (Fsp3) is 0.467. The molecule has 0 aromatic heterocycles. The number of benzene rings is 1. The summed E-state index contributed by atoms with van der Waals surface area (Å²) in [5.74, 6) is 0. The molecule has 0 radical (unpaired) electrons. The second-order valence-electron chi connectivity index (χ2n) is 4.80. The van der Waals surface area contributed by atoms with Crippen LogP contribution in [0.1, 0.15) is 25.0 Å². The molecular formula is C15H23N. The molecule has 0 bridgehead atoms. The highest BCUT2D eigenvalue weighted by atomic mass is 14.9. The lowest BCUT2D eigenvalue weighted by Crippen LogP contribution is -2.31. The van der Waals surface area contributed by atoms with Crippen LogP contribution in [-0.2, 0) is 6.42 Å². The van der Waals surface area contributed by atoms with Gasteiger partial charge in [0.25, 0.3) is 0 Å². The topological polar surface area (TPSA) is 12.0 Å². The molecule has 1 aromatic rings. The highest BCUT2D eigenvalue weighted by Crippen LogP contribution is 2.23. The summed E-state index contributed by atoms with van der Waals surface area (Å²) in [4.78, 5) is 0. The second-order valence-corrected chi connectivity index (χ2v) is 4.80. The molecule has 0 saturated carbocycles. The van der Waals surface area contributed by atoms with E-state index in [-0.39, 0.29) is 5.41 Å². The maximum absolute atomic E-state index is 3.96. The van der Waals surface area contributed by atoms with Gasteiger partial charge in [-0.1, -0.05) is 49.8 Å². The Morgan fingerprint density at radius 2 is 1.94 bits per heavy atom. The summed E-state index contributed by atoms with van der Waals surface area (Å²) in [7, 11) is 0. The summed E-state index contributed by atoms with van der Waals surface area (Å²) in [5, 5.41) is 3.40. The van der Waals surface area contributed by atoms with Crippen LogP contribution in [0.2, 0.25) is 0 Å². The van der Waals surface area contributed by atoms with Gasteiger partial charge < -0.3 is 5.32 Å². The Kier molecular flexibility index (Phi) is 4.75. The lowest BCUT2D eigenvalue weighted by Gasteiger charge is -2.26. The van der Waals surface area contributed by atoms with Crippen LogP contribution in [0.5, 0.6) is 0 Å². The minimum Gasteiger partial charge on any atom is -0.316 e. The van der Waals surface area contributed by atoms with E-state index in [2.05, 4.69) is 63.0 Å². The maximum Gasteiger partial charge on any atom is 0.00428 e. The van der Waals surface area contributed by atoms with Gasteiger partial charge in [-0.15, -0.1) is 6.58 Å². The van der Waals surface area contributed by atoms with Gasteiger partial charge in [-0.2, -0.15) is 0 Å². The van der Waals surface area contributed by atoms with Crippen molar-refractivity contribution in [2.45, 2.75) is 27.2 Å². The molecule has 0 heterocycles. The monoisotopic (exact) mass is 217 g/mol. The smallest absolute Gasteiger partial charge is 0.00428 e. The van der Waals surface area contributed by atoms with Crippen LogP contribution in [0, 0.1) is 12.3 Å². The van der Waals surface area contributed by atoms with E-state index in [0.29, 0.717) is 0 Å². The van der Waals surface area contributed by atoms with Gasteiger partial charge in [-0.25, -0.2) is 0 Å². The minimum atomic E-state index is 0.144. The summed E-state index contributed by atoms with van der Waals surface area (Å²) in [6.45, 7) is 12.5. The van der Waals surface area contributed by atoms with Crippen LogP contribution < -0.4 is 5.32 Å². The average Bonchev–Trinajstić information content (AvgIpc) is 2.30. The predicted octanol–water partition coefficient (Wildman–Crippen LogP) is 3.34. The summed E-state index contributed by atoms with van der Waals surface area (Å²) in [6.07, 6.45) is 3.11. The Morgan fingerprint density at radius 3 is 2.44 bits per heavy atom. The Morgan fingerprint density at radius 1 is 1.31 bits per heavy atom. The summed E-state index contributed by atoms with van der Waals surface area (Å²) >= 11 is 0. The standard InChI is InChI=1S/C15H23N/c1-5-15(4,12-16-6-2)11-14-9-7-13(3)8-10-14/h5,7-10,16H,1,6,11-12H2,2-4H3. The van der Waals surface area contributed by atoms with Gasteiger partial charge in [0, 0.05) is 12.0 Å². The van der Waals surface area contributed by atoms with Crippen LogP contribution >= 0.6 is 0 Å². The molecule has 1 nitrogen and oxygen atoms in total. The lowest BCUT2D eigenvalue weighted by atomic mass is 9.83. The Labute approximate surface area is 99.6 Å². The van der Waals surface area contributed by atoms with Gasteiger partial charge in [-0.3, -0.25) is 0 Å². The van der Waals surface area contributed by atoms with Crippen LogP contribution in [0.4, 0.5) is 0 Å². The number of aryl methyl sites for hydroxylation is 1. The Bertz CT molecular complexity index is 326. The van der Waals surface area contributed by atoms with Crippen molar-refractivity contribution < 1.29 is 0 Å². The van der Waals surface area contributed by atoms with Crippen LogP contribution in [0.3, 0.4) is 0 Å². The molecule has 1 N–H and O–H groups in total. The highest BCUT2D eigenvalue weighted by molar-refractivity contribution is 5.23. The zero-order valence-corrected chi connectivity index (χ0v) is 10.7. The largest absolute Gasteiger partial charge is 0.316 e. The normalized spacial score (nSPS) is 14.4. The molecule has 1 unspecified atom stereocenters. The first kappa shape index (κ1) is 13.0. The number of nitrogens with one attached hydrogen (secondary N) is 1. The van der Waals surface area contributed by atoms with Crippen molar-refractivity contribution in [2.75, 3.05) is 13.1 Å². The molecule has 1 rings (SSSR count). The fourth-order valence-corrected chi connectivity index (χ4v) is 1.79. The number of hydrogen-bond donors (Lipinski definition) is 1. The van der Waals surface area contributed by atoms with Gasteiger partial charge >= 0.3 is 0 Å². The SMILES string of the molecule is C=CC(C)(CNCC)Cc1ccc(C)cc1. The van der Waals surface area contributed by atoms with Crippen molar-refractivity contribution in [3.63, 3.8) is 0 Å². The van der Waals surface area contributed by atoms with Gasteiger partial charge in [0.15, 0.2) is 0 Å². The van der Waals surface area contributed by atoms with E-state index in [1.807, 2.05) is 0 Å². The van der Waals surface area contributed by atoms with E-state index in [0.717, 1.165) is 19.5 Å². The molecule has 1 heteroatoms. The zero-order valence-electron chi connectivity index (χ0n) is 10.7. The fourth-order valence-electron chi connectivity index (χ4n) is 1.79. The molecule has 0 spiro atoms. The first-order chi connectivity index (χ1) is 7.59. The van der Waals surface area contributed by atoms with Crippen molar-refractivity contribution in [1.82, 2.24) is 5.32 Å². The quantitative estimate of drug-likeness (QED) is 0.721. The Balaban J connectivity index is 2.68. The molecule has 0 saturated heterocycles. The van der Waals surface area contributed by atoms with E-state index < -0.39 is 0 Å². The van der Waals surface area contributed by atoms with E-state index in [1.54, 1.807) is 0 Å². The number of rotatable bonds is 6. The molecular weight excluding hydrogens is 194 g/mol. The van der Waals surface area contributed by atoms with Crippen molar-refractivity contribution in [1.29, 1.82) is 0 Å². The van der Waals surface area contributed by atoms with Crippen LogP contribution in [0.25, 0.3) is 0 Å². The van der Waals surface area contributed by atoms with Crippen LogP contribution in [0.15, 0.2) is 36.9 Å². The minimum absolute atomic E-state index is 0.144. The third kappa shape index (κ3) is 3.82. The molecule has 88 valence electrons. The summed E-state index contributed by atoms with van der Waals surface area (Å²) < 4.78 is 0. The average molecular weight is 217 g/mol. The molecule has 0 amide bonds. The van der Waals surface area contributed by atoms with E-state index >= 15 is 0 Å². The van der Waals surface area contributed by atoms with Crippen molar-refractivity contribution in [2.24, 2.45) is 5.41 Å². The van der Waals surface area contributed by atoms with Gasteiger partial charge in [0.05, 0.1) is 0 Å². The van der Waals surface area contributed by atoms with Crippen molar-refractivity contribution in [3.05, 3.63) is 48.0 Å². The molecule has 1 atom stereocenters. The lowest BCUT2D eigenvalue weighted by molar-refractivity contribution is 0.396. The molecule has 1 aromatic carbocycles. The van der Waals surface area contributed by atoms with E-state index in [4.69, 9.17) is 0 Å². The predicted molar refractivity (Wildman–Crippen MR) is 71.7 cm³/mol. The highest BCUT2D eigenvalue weighted by Gasteiger charge is 2.19. The van der Waals surface area contributed by atoms with E-state index in [9.17, 15) is 0 Å². The molecule has 0 aliphatic carbocycles. The summed E-state index contributed by atoms with van der Waals surface area (Å²) in [5.41, 5.74) is 2.84. The van der Waals surface area contributed by atoms with Gasteiger partial charge in [0.2, 0.25) is 0 Å². The third-order valence-corrected chi connectivity index (χ3v) is 3.00. The van der Waals surface area contributed by atoms with Crippen LogP contribution in [-0.4, -0.2) is 13.1 Å². The van der Waals surface area contributed by atoms with Crippen molar-refractivity contribution >= 4 is 0 Å². The first-order valence-corrected chi connectivity index (χ1v) is 5.99. The van der Waals surface area contributed by atoms with Crippen molar-refractivity contribution in [3.8, 4) is 0 Å². The summed E-state index contributed by atoms with van der Waals surface area (Å²) in [6, 6.07) is 8.77. The number of hydrogen-bond acceptors (Lipinski definition) is 1. The van der Waals surface area contributed by atoms with E-state index in [1.165, 1.54) is 11.1 Å². The third-order valence-electron chi connectivity index (χ3n) is 3.00. The molecule has 0 aliphatic heterocycles. The Hall–Kier alpha value is -1.08. The zero-order chi connectivity index (χ0) is 12.0. The molecule has 0 fully saturated rings. The maximum atomic E-state index is 3.96.